The minimum Gasteiger partial charge on any atom is -0.756 e. The molecule has 83 heavy (non-hydrogen) atoms. The number of unbranched alkanes of at least 4 members (excludes halogenated alkanes) is 58. The number of nitrogens with zero attached hydrogens (tertiary/aromatic N) is 1. The Kier molecular flexibility index (Phi) is 65.1. The van der Waals surface area contributed by atoms with Crippen LogP contribution in [0.2, 0.25) is 0 Å². The van der Waals surface area contributed by atoms with Crippen molar-refractivity contribution in [1.29, 1.82) is 0 Å². The third-order valence-corrected chi connectivity index (χ3v) is 18.7. The molecule has 0 radical (unpaired) electrons. The van der Waals surface area contributed by atoms with Crippen molar-refractivity contribution in [3.8, 4) is 0 Å². The molecule has 1 amide bonds. The lowest BCUT2D eigenvalue weighted by molar-refractivity contribution is -0.870. The van der Waals surface area contributed by atoms with E-state index < -0.39 is 20.0 Å². The van der Waals surface area contributed by atoms with Crippen LogP contribution < -0.4 is 10.2 Å². The van der Waals surface area contributed by atoms with Crippen LogP contribution in [0, 0.1) is 0 Å². The van der Waals surface area contributed by atoms with Crippen LogP contribution in [-0.2, 0) is 18.4 Å². The van der Waals surface area contributed by atoms with E-state index in [0.717, 1.165) is 38.5 Å². The number of aliphatic hydroxyl groups excluding tert-OH is 1. The molecule has 2 N–H and O–H groups in total. The zero-order valence-corrected chi connectivity index (χ0v) is 57.8. The lowest BCUT2D eigenvalue weighted by atomic mass is 10.0. The van der Waals surface area contributed by atoms with Crippen LogP contribution in [0.5, 0.6) is 0 Å². The van der Waals surface area contributed by atoms with Gasteiger partial charge < -0.3 is 28.8 Å². The molecule has 3 atom stereocenters. The molecule has 8 nitrogen and oxygen atoms in total. The number of hydrogen-bond donors (Lipinski definition) is 2. The molecule has 0 aliphatic rings. The van der Waals surface area contributed by atoms with Crippen LogP contribution in [0.25, 0.3) is 0 Å². The number of rotatable bonds is 71. The van der Waals surface area contributed by atoms with E-state index in [-0.39, 0.29) is 19.1 Å². The number of carbonyl (C=O) groups excluding carboxylic acids is 1. The molecule has 0 saturated heterocycles. The van der Waals surface area contributed by atoms with Gasteiger partial charge in [-0.3, -0.25) is 9.36 Å². The normalized spacial score (nSPS) is 13.6. The lowest BCUT2D eigenvalue weighted by Crippen LogP contribution is -2.45. The summed E-state index contributed by atoms with van der Waals surface area (Å²) in [5.41, 5.74) is 0. The topological polar surface area (TPSA) is 108 Å². The van der Waals surface area contributed by atoms with Crippen LogP contribution in [0.1, 0.15) is 406 Å². The van der Waals surface area contributed by atoms with E-state index in [4.69, 9.17) is 9.05 Å². The van der Waals surface area contributed by atoms with Crippen molar-refractivity contribution in [3.63, 3.8) is 0 Å². The minimum atomic E-state index is -4.60. The number of phosphoric acid groups is 1. The molecule has 3 unspecified atom stereocenters. The fourth-order valence-electron chi connectivity index (χ4n) is 11.9. The molecule has 0 saturated carbocycles. The third-order valence-electron chi connectivity index (χ3n) is 17.7. The number of amides is 1. The largest absolute Gasteiger partial charge is 0.756 e. The quantitative estimate of drug-likeness (QED) is 0.0272. The number of likely N-dealkylation sites (N-methyl/N-ethyl adjacent to an activating group) is 1. The van der Waals surface area contributed by atoms with E-state index in [2.05, 4.69) is 19.2 Å². The summed E-state index contributed by atoms with van der Waals surface area (Å²) in [7, 11) is 1.29. The summed E-state index contributed by atoms with van der Waals surface area (Å²) < 4.78 is 23.5. The Balaban J connectivity index is 3.91. The van der Waals surface area contributed by atoms with Crippen molar-refractivity contribution in [2.45, 2.75) is 418 Å². The van der Waals surface area contributed by atoms with Gasteiger partial charge >= 0.3 is 0 Å². The number of quaternary nitrogens is 1. The fourth-order valence-corrected chi connectivity index (χ4v) is 12.6. The number of aliphatic hydroxyl groups is 1. The van der Waals surface area contributed by atoms with Crippen molar-refractivity contribution in [2.75, 3.05) is 40.9 Å². The van der Waals surface area contributed by atoms with Gasteiger partial charge in [0.1, 0.15) is 13.2 Å². The van der Waals surface area contributed by atoms with Crippen molar-refractivity contribution in [1.82, 2.24) is 5.32 Å². The van der Waals surface area contributed by atoms with Gasteiger partial charge in [-0.05, 0) is 19.3 Å². The highest BCUT2D eigenvalue weighted by Crippen LogP contribution is 2.38. The number of nitrogens with one attached hydrogen (secondary N) is 1. The lowest BCUT2D eigenvalue weighted by Gasteiger charge is -2.29. The summed E-state index contributed by atoms with van der Waals surface area (Å²) in [6.07, 6.45) is 85.1. The van der Waals surface area contributed by atoms with Gasteiger partial charge in [0.05, 0.1) is 39.9 Å². The molecule has 0 rings (SSSR count). The van der Waals surface area contributed by atoms with Crippen LogP contribution >= 0.6 is 7.82 Å². The molecule has 0 bridgehead atoms. The molecule has 0 aliphatic heterocycles. The Morgan fingerprint density at radius 3 is 0.904 bits per heavy atom. The van der Waals surface area contributed by atoms with Crippen molar-refractivity contribution in [3.05, 3.63) is 12.2 Å². The second kappa shape index (κ2) is 65.7. The van der Waals surface area contributed by atoms with Gasteiger partial charge in [-0.25, -0.2) is 0 Å². The highest BCUT2D eigenvalue weighted by Gasteiger charge is 2.23. The average Bonchev–Trinajstić information content (AvgIpc) is 3.49. The van der Waals surface area contributed by atoms with E-state index in [1.54, 1.807) is 6.08 Å². The molecule has 0 spiro atoms. The van der Waals surface area contributed by atoms with Crippen molar-refractivity contribution >= 4 is 13.7 Å². The molecular formula is C74H149N2O6P. The Morgan fingerprint density at radius 1 is 0.410 bits per heavy atom. The monoisotopic (exact) mass is 1190 g/mol. The van der Waals surface area contributed by atoms with Gasteiger partial charge in [0.15, 0.2) is 0 Å². The summed E-state index contributed by atoms with van der Waals surface area (Å²) in [6, 6.07) is -0.884. The highest BCUT2D eigenvalue weighted by molar-refractivity contribution is 7.45. The molecule has 0 aromatic carbocycles. The van der Waals surface area contributed by atoms with Crippen LogP contribution in [0.15, 0.2) is 12.2 Å². The molecule has 9 heteroatoms. The fraction of sp³-hybridized carbons (Fsp3) is 0.959. The molecule has 0 heterocycles. The Bertz CT molecular complexity index is 1360. The summed E-state index contributed by atoms with van der Waals surface area (Å²) in [6.45, 7) is 4.73. The zero-order chi connectivity index (χ0) is 60.5. The van der Waals surface area contributed by atoms with Gasteiger partial charge in [-0.2, -0.15) is 0 Å². The molecule has 0 aliphatic carbocycles. The summed E-state index contributed by atoms with van der Waals surface area (Å²) in [5.74, 6) is -0.187. The predicted molar refractivity (Wildman–Crippen MR) is 362 cm³/mol. The number of phosphoric ester groups is 1. The maximum absolute atomic E-state index is 13.0. The predicted octanol–water partition coefficient (Wildman–Crippen LogP) is 23.4. The molecule has 0 fully saturated rings. The Hall–Kier alpha value is -0.760. The first-order valence-corrected chi connectivity index (χ1v) is 39.0. The van der Waals surface area contributed by atoms with Gasteiger partial charge in [0, 0.05) is 6.42 Å². The summed E-state index contributed by atoms with van der Waals surface area (Å²) in [4.78, 5) is 25.6. The van der Waals surface area contributed by atoms with Gasteiger partial charge in [0.25, 0.3) is 7.82 Å². The van der Waals surface area contributed by atoms with Gasteiger partial charge in [-0.1, -0.05) is 392 Å². The molecule has 0 aromatic heterocycles. The average molecular weight is 1190 g/mol. The standard InChI is InChI=1S/C74H149N2O6P/c1-6-8-10-12-14-16-18-20-22-24-26-28-30-31-32-33-34-35-36-37-38-39-40-41-42-43-44-46-48-50-52-54-56-58-60-62-64-66-68-74(78)75-72(71-82-83(79,80)81-70-69-76(3,4)5)73(77)67-65-63-61-59-57-55-53-51-49-47-45-29-27-25-23-21-19-17-15-13-11-9-7-2/h65,67,72-73,77H,6-64,66,68-71H2,1-5H3,(H-,75,78,79,80)/b67-65+. The minimum absolute atomic E-state index is 0.00302. The van der Waals surface area contributed by atoms with Crippen molar-refractivity contribution in [2.24, 2.45) is 0 Å². The van der Waals surface area contributed by atoms with Crippen LogP contribution in [0.4, 0.5) is 0 Å². The third kappa shape index (κ3) is 68.6. The van der Waals surface area contributed by atoms with Crippen molar-refractivity contribution < 1.29 is 32.9 Å². The van der Waals surface area contributed by atoms with Gasteiger partial charge in [-0.15, -0.1) is 0 Å². The first kappa shape index (κ1) is 82.2. The Labute approximate surface area is 520 Å². The zero-order valence-electron chi connectivity index (χ0n) is 56.9. The maximum Gasteiger partial charge on any atom is 0.268 e. The number of carbonyl (C=O) groups is 1. The molecular weight excluding hydrogens is 1040 g/mol. The summed E-state index contributed by atoms with van der Waals surface area (Å²) >= 11 is 0. The van der Waals surface area contributed by atoms with E-state index in [0.29, 0.717) is 17.4 Å². The van der Waals surface area contributed by atoms with E-state index in [1.807, 2.05) is 27.2 Å². The maximum atomic E-state index is 13.0. The Morgan fingerprint density at radius 2 is 0.651 bits per heavy atom. The smallest absolute Gasteiger partial charge is 0.268 e. The van der Waals surface area contributed by atoms with E-state index in [9.17, 15) is 19.4 Å². The first-order valence-electron chi connectivity index (χ1n) is 37.6. The van der Waals surface area contributed by atoms with Crippen LogP contribution in [0.3, 0.4) is 0 Å². The second-order valence-electron chi connectivity index (χ2n) is 27.4. The molecule has 0 aromatic rings. The highest BCUT2D eigenvalue weighted by atomic mass is 31.2. The number of hydrogen-bond acceptors (Lipinski definition) is 6. The van der Waals surface area contributed by atoms with E-state index >= 15 is 0 Å². The van der Waals surface area contributed by atoms with Gasteiger partial charge in [0.2, 0.25) is 5.91 Å². The second-order valence-corrected chi connectivity index (χ2v) is 28.8. The SMILES string of the molecule is CCCCCCCCCCCCCCCCCCCCCCC/C=C/C(O)C(COP(=O)([O-])OCC[N+](C)(C)C)NC(=O)CCCCCCCCCCCCCCCCCCCCCCCCCCCCCCCCCCCCCCCC. The van der Waals surface area contributed by atoms with Crippen LogP contribution in [-0.4, -0.2) is 68.5 Å². The first-order chi connectivity index (χ1) is 40.5. The molecule has 496 valence electrons. The number of allylic oxidation sites excluding steroid dienone is 1. The summed E-state index contributed by atoms with van der Waals surface area (Å²) in [5, 5.41) is 14.0. The van der Waals surface area contributed by atoms with E-state index in [1.165, 1.54) is 347 Å².